The number of rotatable bonds is 0. The maximum atomic E-state index is 13.0. The minimum absolute atomic E-state index is 0.309. The van der Waals surface area contributed by atoms with Crippen molar-refractivity contribution in [3.05, 3.63) is 29.6 Å². The maximum absolute atomic E-state index is 13.0. The van der Waals surface area contributed by atoms with Crippen LogP contribution in [0.15, 0.2) is 23.1 Å². The van der Waals surface area contributed by atoms with E-state index in [9.17, 15) is 22.0 Å². The molecule has 0 bridgehead atoms. The van der Waals surface area contributed by atoms with Crippen LogP contribution < -0.4 is 0 Å². The Morgan fingerprint density at radius 1 is 1.07 bits per heavy atom. The molecule has 1 heterocycles. The van der Waals surface area contributed by atoms with Gasteiger partial charge in [0.15, 0.2) is 0 Å². The molecule has 14 heavy (non-hydrogen) atoms. The summed E-state index contributed by atoms with van der Waals surface area (Å²) in [5.74, 6) is -5.02. The van der Waals surface area contributed by atoms with Gasteiger partial charge in [0.05, 0.1) is 0 Å². The van der Waals surface area contributed by atoms with E-state index < -0.39 is 27.5 Å². The second-order valence-corrected chi connectivity index (χ2v) is 3.99. The summed E-state index contributed by atoms with van der Waals surface area (Å²) in [7, 11) is 0. The lowest BCUT2D eigenvalue weighted by Crippen LogP contribution is -2.29. The Hall–Kier alpha value is -0.780. The van der Waals surface area contributed by atoms with Crippen molar-refractivity contribution in [2.24, 2.45) is 0 Å². The maximum Gasteiger partial charge on any atom is 0.364 e. The van der Waals surface area contributed by atoms with E-state index in [1.54, 1.807) is 0 Å². The molecular weight excluding hydrogens is 223 g/mol. The Kier molecular flexibility index (Phi) is 1.83. The van der Waals surface area contributed by atoms with Crippen molar-refractivity contribution < 1.29 is 22.0 Å². The lowest BCUT2D eigenvalue weighted by molar-refractivity contribution is -0.154. The van der Waals surface area contributed by atoms with Gasteiger partial charge >= 0.3 is 11.2 Å². The Morgan fingerprint density at radius 2 is 1.71 bits per heavy atom. The van der Waals surface area contributed by atoms with Crippen LogP contribution in [0.25, 0.3) is 0 Å². The van der Waals surface area contributed by atoms with E-state index in [0.717, 1.165) is 6.07 Å². The molecule has 6 heteroatoms. The van der Waals surface area contributed by atoms with E-state index in [1.165, 1.54) is 0 Å². The van der Waals surface area contributed by atoms with Crippen LogP contribution in [0, 0.1) is 5.82 Å². The summed E-state index contributed by atoms with van der Waals surface area (Å²) in [6.45, 7) is 0. The molecule has 0 radical (unpaired) electrons. The van der Waals surface area contributed by atoms with Crippen LogP contribution in [-0.4, -0.2) is 5.25 Å². The van der Waals surface area contributed by atoms with E-state index in [-0.39, 0.29) is 11.8 Å². The van der Waals surface area contributed by atoms with E-state index in [2.05, 4.69) is 0 Å². The number of halogens is 5. The lowest BCUT2D eigenvalue weighted by Gasteiger charge is -2.17. The molecule has 0 fully saturated rings. The zero-order valence-corrected chi connectivity index (χ0v) is 7.35. The van der Waals surface area contributed by atoms with Crippen molar-refractivity contribution in [3.63, 3.8) is 0 Å². The molecule has 0 aromatic heterocycles. The zero-order valence-electron chi connectivity index (χ0n) is 6.53. The minimum Gasteiger partial charge on any atom is -0.207 e. The monoisotopic (exact) mass is 226 g/mol. The SMILES string of the molecule is Fc1ccc2c(c1)SC(F)(F)C2(F)F. The standard InChI is InChI=1S/C8H3F5S/c9-4-1-2-5-6(3-4)14-8(12,13)7(5,10)11/h1-3H. The summed E-state index contributed by atoms with van der Waals surface area (Å²) >= 11 is -0.309. The van der Waals surface area contributed by atoms with Gasteiger partial charge in [0.25, 0.3) is 0 Å². The minimum atomic E-state index is -4.22. The molecule has 1 aromatic rings. The number of hydrogen-bond acceptors (Lipinski definition) is 1. The molecule has 0 aliphatic carbocycles. The van der Waals surface area contributed by atoms with Gasteiger partial charge in [-0.3, -0.25) is 0 Å². The molecular formula is C8H3F5S. The highest BCUT2D eigenvalue weighted by Gasteiger charge is 2.64. The fourth-order valence-electron chi connectivity index (χ4n) is 1.20. The fraction of sp³-hybridized carbons (Fsp3) is 0.250. The third kappa shape index (κ3) is 1.13. The van der Waals surface area contributed by atoms with E-state index >= 15 is 0 Å². The third-order valence-electron chi connectivity index (χ3n) is 1.89. The molecule has 0 atom stereocenters. The van der Waals surface area contributed by atoms with Gasteiger partial charge in [0, 0.05) is 10.5 Å². The summed E-state index contributed by atoms with van der Waals surface area (Å²) in [6, 6.07) is 2.13. The molecule has 0 nitrogen and oxygen atoms in total. The van der Waals surface area contributed by atoms with E-state index in [1.807, 2.05) is 0 Å². The van der Waals surface area contributed by atoms with Crippen molar-refractivity contribution in [2.45, 2.75) is 16.1 Å². The Balaban J connectivity index is 2.60. The molecule has 1 aromatic carbocycles. The first kappa shape index (κ1) is 9.76. The highest BCUT2D eigenvalue weighted by Crippen LogP contribution is 2.60. The second kappa shape index (κ2) is 2.62. The lowest BCUT2D eigenvalue weighted by atomic mass is 10.1. The van der Waals surface area contributed by atoms with Crippen molar-refractivity contribution in [1.29, 1.82) is 0 Å². The van der Waals surface area contributed by atoms with Gasteiger partial charge in [-0.2, -0.15) is 17.6 Å². The molecule has 1 aliphatic rings. The molecule has 1 aliphatic heterocycles. The quantitative estimate of drug-likeness (QED) is 0.609. The molecule has 0 N–H and O–H groups in total. The number of benzene rings is 1. The van der Waals surface area contributed by atoms with Crippen LogP contribution in [0.5, 0.6) is 0 Å². The van der Waals surface area contributed by atoms with Crippen LogP contribution in [0.3, 0.4) is 0 Å². The average Bonchev–Trinajstić information content (AvgIpc) is 2.18. The largest absolute Gasteiger partial charge is 0.364 e. The van der Waals surface area contributed by atoms with Gasteiger partial charge in [0.2, 0.25) is 0 Å². The molecule has 76 valence electrons. The van der Waals surface area contributed by atoms with Crippen LogP contribution >= 0.6 is 11.8 Å². The first-order chi connectivity index (χ1) is 6.34. The molecule has 0 saturated carbocycles. The van der Waals surface area contributed by atoms with Gasteiger partial charge in [-0.25, -0.2) is 4.39 Å². The van der Waals surface area contributed by atoms with Crippen LogP contribution in [0.2, 0.25) is 0 Å². The average molecular weight is 226 g/mol. The van der Waals surface area contributed by atoms with E-state index in [4.69, 9.17) is 0 Å². The van der Waals surface area contributed by atoms with Crippen molar-refractivity contribution in [3.8, 4) is 0 Å². The van der Waals surface area contributed by atoms with Crippen molar-refractivity contribution >= 4 is 11.8 Å². The predicted octanol–water partition coefficient (Wildman–Crippen LogP) is 3.62. The predicted molar refractivity (Wildman–Crippen MR) is 41.1 cm³/mol. The topological polar surface area (TPSA) is 0 Å². The van der Waals surface area contributed by atoms with Crippen LogP contribution in [0.4, 0.5) is 22.0 Å². The Morgan fingerprint density at radius 3 is 2.36 bits per heavy atom. The van der Waals surface area contributed by atoms with E-state index in [0.29, 0.717) is 12.1 Å². The number of fused-ring (bicyclic) bond motifs is 1. The normalized spacial score (nSPS) is 22.1. The number of hydrogen-bond donors (Lipinski definition) is 0. The van der Waals surface area contributed by atoms with Crippen molar-refractivity contribution in [2.75, 3.05) is 0 Å². The van der Waals surface area contributed by atoms with Crippen molar-refractivity contribution in [1.82, 2.24) is 0 Å². The van der Waals surface area contributed by atoms with Gasteiger partial charge in [-0.1, -0.05) is 0 Å². The first-order valence-electron chi connectivity index (χ1n) is 3.59. The highest BCUT2D eigenvalue weighted by atomic mass is 32.2. The Labute approximate surface area is 80.1 Å². The van der Waals surface area contributed by atoms with Gasteiger partial charge < -0.3 is 0 Å². The van der Waals surface area contributed by atoms with Crippen LogP contribution in [-0.2, 0) is 5.92 Å². The summed E-state index contributed by atoms with van der Waals surface area (Å²) in [4.78, 5) is -0.403. The fourth-order valence-corrected chi connectivity index (χ4v) is 2.19. The summed E-state index contributed by atoms with van der Waals surface area (Å²) in [6.07, 6.45) is 0. The van der Waals surface area contributed by atoms with Gasteiger partial charge in [-0.15, -0.1) is 0 Å². The molecule has 0 unspecified atom stereocenters. The second-order valence-electron chi connectivity index (χ2n) is 2.83. The van der Waals surface area contributed by atoms with Gasteiger partial charge in [-0.05, 0) is 30.0 Å². The zero-order chi connectivity index (χ0) is 10.6. The smallest absolute Gasteiger partial charge is 0.207 e. The molecule has 0 spiro atoms. The number of thioether (sulfide) groups is 1. The number of alkyl halides is 4. The molecule has 2 rings (SSSR count). The summed E-state index contributed by atoms with van der Waals surface area (Å²) in [5.41, 5.74) is -0.811. The summed E-state index contributed by atoms with van der Waals surface area (Å²) < 4.78 is 63.9. The Bertz CT molecular complexity index is 387. The highest BCUT2D eigenvalue weighted by molar-refractivity contribution is 8.00. The van der Waals surface area contributed by atoms with Crippen LogP contribution in [0.1, 0.15) is 5.56 Å². The first-order valence-corrected chi connectivity index (χ1v) is 4.41. The van der Waals surface area contributed by atoms with Gasteiger partial charge in [0.1, 0.15) is 5.82 Å². The third-order valence-corrected chi connectivity index (χ3v) is 2.96. The summed E-state index contributed by atoms with van der Waals surface area (Å²) in [5, 5.41) is -4.19. The molecule has 0 amide bonds. The molecule has 0 saturated heterocycles.